The van der Waals surface area contributed by atoms with Crippen LogP contribution in [0.4, 0.5) is 18.9 Å². The van der Waals surface area contributed by atoms with E-state index in [0.717, 1.165) is 12.1 Å². The van der Waals surface area contributed by atoms with Gasteiger partial charge >= 0.3 is 6.18 Å². The van der Waals surface area contributed by atoms with Gasteiger partial charge in [-0.25, -0.2) is 0 Å². The molecule has 0 bridgehead atoms. The first-order valence-electron chi connectivity index (χ1n) is 5.64. The molecule has 1 aromatic rings. The molecule has 0 aromatic heterocycles. The SMILES string of the molecule is CNC(=O)CCCOc1ccc(C(F)(F)F)cc1N. The molecule has 0 radical (unpaired) electrons. The summed E-state index contributed by atoms with van der Waals surface area (Å²) in [6.07, 6.45) is -3.68. The summed E-state index contributed by atoms with van der Waals surface area (Å²) in [7, 11) is 1.52. The largest absolute Gasteiger partial charge is 0.491 e. The molecule has 0 aliphatic rings. The molecule has 4 nitrogen and oxygen atoms in total. The number of hydrogen-bond donors (Lipinski definition) is 2. The molecule has 0 saturated heterocycles. The number of nitrogens with one attached hydrogen (secondary N) is 1. The average molecular weight is 276 g/mol. The lowest BCUT2D eigenvalue weighted by Crippen LogP contribution is -2.18. The number of hydrogen-bond acceptors (Lipinski definition) is 3. The van der Waals surface area contributed by atoms with Crippen LogP contribution in [0, 0.1) is 0 Å². The molecule has 7 heteroatoms. The Morgan fingerprint density at radius 3 is 2.63 bits per heavy atom. The Morgan fingerprint density at radius 1 is 1.42 bits per heavy atom. The van der Waals surface area contributed by atoms with Crippen molar-refractivity contribution < 1.29 is 22.7 Å². The molecule has 1 aromatic carbocycles. The van der Waals surface area contributed by atoms with Gasteiger partial charge in [-0.1, -0.05) is 0 Å². The first-order valence-corrected chi connectivity index (χ1v) is 5.64. The number of alkyl halides is 3. The van der Waals surface area contributed by atoms with E-state index in [2.05, 4.69) is 5.32 Å². The molecule has 0 aliphatic carbocycles. The summed E-state index contributed by atoms with van der Waals surface area (Å²) in [5.74, 6) is 0.0638. The Kier molecular flexibility index (Phi) is 5.02. The topological polar surface area (TPSA) is 64.3 Å². The van der Waals surface area contributed by atoms with Crippen molar-refractivity contribution in [3.8, 4) is 5.75 Å². The monoisotopic (exact) mass is 276 g/mol. The van der Waals surface area contributed by atoms with Crippen molar-refractivity contribution in [1.82, 2.24) is 5.32 Å². The summed E-state index contributed by atoms with van der Waals surface area (Å²) >= 11 is 0. The van der Waals surface area contributed by atoms with E-state index in [4.69, 9.17) is 10.5 Å². The van der Waals surface area contributed by atoms with Gasteiger partial charge in [-0.2, -0.15) is 13.2 Å². The Bertz CT molecular complexity index is 447. The zero-order valence-corrected chi connectivity index (χ0v) is 10.4. The lowest BCUT2D eigenvalue weighted by atomic mass is 10.2. The van der Waals surface area contributed by atoms with Gasteiger partial charge in [-0.3, -0.25) is 4.79 Å². The van der Waals surface area contributed by atoms with Gasteiger partial charge in [0.1, 0.15) is 5.75 Å². The summed E-state index contributed by atoms with van der Waals surface area (Å²) < 4.78 is 42.4. The number of benzene rings is 1. The van der Waals surface area contributed by atoms with Crippen LogP contribution in [0.5, 0.6) is 5.75 Å². The quantitative estimate of drug-likeness (QED) is 0.640. The predicted octanol–water partition coefficient (Wildman–Crippen LogP) is 2.19. The van der Waals surface area contributed by atoms with Gasteiger partial charge in [0.25, 0.3) is 0 Å². The molecule has 106 valence electrons. The third-order valence-electron chi connectivity index (χ3n) is 2.42. The second-order valence-electron chi connectivity index (χ2n) is 3.88. The lowest BCUT2D eigenvalue weighted by Gasteiger charge is -2.12. The second-order valence-corrected chi connectivity index (χ2v) is 3.88. The molecule has 0 aliphatic heterocycles. The molecule has 0 heterocycles. The van der Waals surface area contributed by atoms with Gasteiger partial charge in [0, 0.05) is 13.5 Å². The number of nitrogen functional groups attached to an aromatic ring is 1. The minimum Gasteiger partial charge on any atom is -0.491 e. The van der Waals surface area contributed by atoms with Gasteiger partial charge in [0.15, 0.2) is 0 Å². The number of carbonyl (C=O) groups excluding carboxylic acids is 1. The maximum atomic E-state index is 12.4. The highest BCUT2D eigenvalue weighted by Gasteiger charge is 2.30. The van der Waals surface area contributed by atoms with Gasteiger partial charge in [-0.15, -0.1) is 0 Å². The Morgan fingerprint density at radius 2 is 2.11 bits per heavy atom. The van der Waals surface area contributed by atoms with Crippen LogP contribution in [-0.2, 0) is 11.0 Å². The molecule has 0 atom stereocenters. The highest BCUT2D eigenvalue weighted by Crippen LogP contribution is 2.33. The highest BCUT2D eigenvalue weighted by atomic mass is 19.4. The van der Waals surface area contributed by atoms with Crippen LogP contribution in [0.3, 0.4) is 0 Å². The van der Waals surface area contributed by atoms with Gasteiger partial charge < -0.3 is 15.8 Å². The smallest absolute Gasteiger partial charge is 0.416 e. The number of carbonyl (C=O) groups is 1. The standard InChI is InChI=1S/C12H15F3N2O2/c1-17-11(18)3-2-6-19-10-5-4-8(7-9(10)16)12(13,14)15/h4-5,7H,2-3,6,16H2,1H3,(H,17,18). The fourth-order valence-electron chi connectivity index (χ4n) is 1.40. The van der Waals surface area contributed by atoms with E-state index in [1.54, 1.807) is 0 Å². The number of ether oxygens (including phenoxy) is 1. The van der Waals surface area contributed by atoms with E-state index < -0.39 is 11.7 Å². The zero-order valence-electron chi connectivity index (χ0n) is 10.4. The van der Waals surface area contributed by atoms with Crippen molar-refractivity contribution in [3.05, 3.63) is 23.8 Å². The van der Waals surface area contributed by atoms with Crippen LogP contribution in [0.15, 0.2) is 18.2 Å². The maximum Gasteiger partial charge on any atom is 0.416 e. The molecule has 0 saturated carbocycles. The highest BCUT2D eigenvalue weighted by molar-refractivity contribution is 5.75. The Hall–Kier alpha value is -1.92. The van der Waals surface area contributed by atoms with E-state index in [0.29, 0.717) is 6.42 Å². The Balaban J connectivity index is 2.54. The fraction of sp³-hybridized carbons (Fsp3) is 0.417. The summed E-state index contributed by atoms with van der Waals surface area (Å²) in [5, 5.41) is 2.45. The number of anilines is 1. The molecule has 0 unspecified atom stereocenters. The van der Waals surface area contributed by atoms with Crippen LogP contribution >= 0.6 is 0 Å². The predicted molar refractivity (Wildman–Crippen MR) is 64.7 cm³/mol. The number of amides is 1. The molecular formula is C12H15F3N2O2. The second kappa shape index (κ2) is 6.31. The van der Waals surface area contributed by atoms with E-state index >= 15 is 0 Å². The average Bonchev–Trinajstić information content (AvgIpc) is 2.34. The molecule has 19 heavy (non-hydrogen) atoms. The van der Waals surface area contributed by atoms with E-state index in [-0.39, 0.29) is 30.4 Å². The molecule has 3 N–H and O–H groups in total. The number of rotatable bonds is 5. The van der Waals surface area contributed by atoms with E-state index in [9.17, 15) is 18.0 Å². The molecule has 0 spiro atoms. The number of nitrogens with two attached hydrogens (primary N) is 1. The van der Waals surface area contributed by atoms with Crippen molar-refractivity contribution >= 4 is 11.6 Å². The van der Waals surface area contributed by atoms with Crippen molar-refractivity contribution in [2.24, 2.45) is 0 Å². The first kappa shape index (κ1) is 15.1. The van der Waals surface area contributed by atoms with Gasteiger partial charge in [-0.05, 0) is 24.6 Å². The van der Waals surface area contributed by atoms with Crippen LogP contribution in [0.25, 0.3) is 0 Å². The first-order chi connectivity index (χ1) is 8.84. The van der Waals surface area contributed by atoms with Crippen molar-refractivity contribution in [2.75, 3.05) is 19.4 Å². The fourth-order valence-corrected chi connectivity index (χ4v) is 1.40. The molecule has 1 amide bonds. The van der Waals surface area contributed by atoms with Crippen LogP contribution in [-0.4, -0.2) is 19.6 Å². The molecular weight excluding hydrogens is 261 g/mol. The molecule has 0 fully saturated rings. The van der Waals surface area contributed by atoms with Gasteiger partial charge in [0.05, 0.1) is 17.9 Å². The maximum absolute atomic E-state index is 12.4. The summed E-state index contributed by atoms with van der Waals surface area (Å²) in [6.45, 7) is 0.211. The van der Waals surface area contributed by atoms with E-state index in [1.165, 1.54) is 13.1 Å². The molecule has 1 rings (SSSR count). The third kappa shape index (κ3) is 4.69. The summed E-state index contributed by atoms with van der Waals surface area (Å²) in [4.78, 5) is 10.9. The third-order valence-corrected chi connectivity index (χ3v) is 2.42. The van der Waals surface area contributed by atoms with Crippen LogP contribution < -0.4 is 15.8 Å². The van der Waals surface area contributed by atoms with Crippen molar-refractivity contribution in [1.29, 1.82) is 0 Å². The summed E-state index contributed by atoms with van der Waals surface area (Å²) in [6, 6.07) is 2.91. The minimum atomic E-state index is -4.42. The van der Waals surface area contributed by atoms with E-state index in [1.807, 2.05) is 0 Å². The minimum absolute atomic E-state index is 0.0743. The summed E-state index contributed by atoms with van der Waals surface area (Å²) in [5.41, 5.74) is 4.59. The lowest BCUT2D eigenvalue weighted by molar-refractivity contribution is -0.137. The normalized spacial score (nSPS) is 11.2. The van der Waals surface area contributed by atoms with Crippen LogP contribution in [0.2, 0.25) is 0 Å². The van der Waals surface area contributed by atoms with Crippen LogP contribution in [0.1, 0.15) is 18.4 Å². The van der Waals surface area contributed by atoms with Crippen molar-refractivity contribution in [2.45, 2.75) is 19.0 Å². The van der Waals surface area contributed by atoms with Crippen molar-refractivity contribution in [3.63, 3.8) is 0 Å². The zero-order chi connectivity index (χ0) is 14.5. The number of halogens is 3. The Labute approximate surface area is 108 Å². The van der Waals surface area contributed by atoms with Gasteiger partial charge in [0.2, 0.25) is 5.91 Å².